The Hall–Kier alpha value is -2.56. The molecular weight excluding hydrogens is 320 g/mol. The van der Waals surface area contributed by atoms with Gasteiger partial charge in [0.1, 0.15) is 17.0 Å². The Balaban J connectivity index is 1.64. The minimum Gasteiger partial charge on any atom is -0.375 e. The van der Waals surface area contributed by atoms with Crippen molar-refractivity contribution in [1.82, 2.24) is 14.8 Å². The van der Waals surface area contributed by atoms with Gasteiger partial charge in [0, 0.05) is 31.5 Å². The van der Waals surface area contributed by atoms with E-state index in [0.29, 0.717) is 37.7 Å². The second-order valence-electron chi connectivity index (χ2n) is 6.50. The van der Waals surface area contributed by atoms with E-state index in [1.165, 1.54) is 0 Å². The summed E-state index contributed by atoms with van der Waals surface area (Å²) in [7, 11) is 1.85. The van der Waals surface area contributed by atoms with Crippen LogP contribution in [-0.2, 0) is 16.5 Å². The number of rotatable bonds is 1. The fraction of sp³-hybridized carbons (Fsp3) is 0.444. The van der Waals surface area contributed by atoms with Crippen molar-refractivity contribution >= 4 is 5.69 Å². The minimum absolute atomic E-state index is 0.0649. The summed E-state index contributed by atoms with van der Waals surface area (Å²) in [6.45, 7) is 4.47. The number of nitrogens with zero attached hydrogens (tertiary/aromatic N) is 3. The molecule has 0 saturated carbocycles. The van der Waals surface area contributed by atoms with Gasteiger partial charge in [0.05, 0.1) is 25.9 Å². The van der Waals surface area contributed by atoms with E-state index in [4.69, 9.17) is 9.47 Å². The normalized spacial score (nSPS) is 21.5. The Kier molecular flexibility index (Phi) is 3.86. The zero-order chi connectivity index (χ0) is 17.4. The van der Waals surface area contributed by atoms with Gasteiger partial charge in [-0.05, 0) is 25.0 Å². The second kappa shape index (κ2) is 6.06. The second-order valence-corrected chi connectivity index (χ2v) is 6.50. The van der Waals surface area contributed by atoms with Crippen LogP contribution < -0.4 is 10.5 Å². The van der Waals surface area contributed by atoms with Crippen LogP contribution in [0.25, 0.3) is 0 Å². The molecule has 1 N–H and O–H groups in total. The van der Waals surface area contributed by atoms with E-state index in [0.717, 1.165) is 5.56 Å². The topological polar surface area (TPSA) is 72.4 Å². The van der Waals surface area contributed by atoms with E-state index in [9.17, 15) is 4.79 Å². The third-order valence-corrected chi connectivity index (χ3v) is 4.88. The number of pyridine rings is 1. The van der Waals surface area contributed by atoms with Gasteiger partial charge in [-0.1, -0.05) is 5.92 Å². The van der Waals surface area contributed by atoms with Crippen LogP contribution in [0.1, 0.15) is 18.2 Å². The number of H-pyrrole nitrogens is 1. The molecular formula is C18H20N4O3. The number of ether oxygens (including phenoxy) is 2. The van der Waals surface area contributed by atoms with Crippen molar-refractivity contribution in [2.24, 2.45) is 7.05 Å². The van der Waals surface area contributed by atoms with Gasteiger partial charge in [0.2, 0.25) is 0 Å². The van der Waals surface area contributed by atoms with E-state index in [1.54, 1.807) is 10.9 Å². The summed E-state index contributed by atoms with van der Waals surface area (Å²) in [5.74, 6) is 6.08. The molecule has 25 heavy (non-hydrogen) atoms. The third kappa shape index (κ3) is 2.84. The van der Waals surface area contributed by atoms with Gasteiger partial charge in [-0.15, -0.1) is 0 Å². The van der Waals surface area contributed by atoms with E-state index in [-0.39, 0.29) is 17.2 Å². The smallest absolute Gasteiger partial charge is 0.271 e. The molecule has 1 atom stereocenters. The number of nitrogens with one attached hydrogen (secondary N) is 1. The summed E-state index contributed by atoms with van der Waals surface area (Å²) in [6, 6.07) is 3.75. The Bertz CT molecular complexity index is 901. The first-order valence-electron chi connectivity index (χ1n) is 8.30. The highest BCUT2D eigenvalue weighted by atomic mass is 16.6. The summed E-state index contributed by atoms with van der Waals surface area (Å²) in [6.07, 6.45) is 3.48. The summed E-state index contributed by atoms with van der Waals surface area (Å²) in [4.78, 5) is 17.3. The highest BCUT2D eigenvalue weighted by molar-refractivity contribution is 5.52. The van der Waals surface area contributed by atoms with Crippen LogP contribution in [0.15, 0.2) is 29.3 Å². The summed E-state index contributed by atoms with van der Waals surface area (Å²) >= 11 is 0. The Morgan fingerprint density at radius 2 is 2.24 bits per heavy atom. The number of aromatic amines is 1. The molecule has 1 spiro atoms. The molecule has 2 aromatic heterocycles. The molecule has 0 amide bonds. The van der Waals surface area contributed by atoms with Gasteiger partial charge < -0.3 is 19.4 Å². The fourth-order valence-electron chi connectivity index (χ4n) is 3.28. The van der Waals surface area contributed by atoms with Gasteiger partial charge >= 0.3 is 0 Å². The molecule has 2 aliphatic heterocycles. The molecule has 2 saturated heterocycles. The van der Waals surface area contributed by atoms with Crippen molar-refractivity contribution in [3.05, 3.63) is 46.1 Å². The monoisotopic (exact) mass is 340 g/mol. The van der Waals surface area contributed by atoms with Gasteiger partial charge in [0.25, 0.3) is 5.56 Å². The van der Waals surface area contributed by atoms with Crippen molar-refractivity contribution in [3.63, 3.8) is 0 Å². The van der Waals surface area contributed by atoms with E-state index >= 15 is 0 Å². The number of anilines is 1. The van der Waals surface area contributed by atoms with Gasteiger partial charge in [-0.3, -0.25) is 9.48 Å². The van der Waals surface area contributed by atoms with E-state index in [2.05, 4.69) is 33.7 Å². The number of hydrogen-bond donors (Lipinski definition) is 1. The molecule has 2 aromatic rings. The van der Waals surface area contributed by atoms with Gasteiger partial charge in [-0.25, -0.2) is 0 Å². The van der Waals surface area contributed by atoms with Gasteiger partial charge in [-0.2, -0.15) is 5.10 Å². The van der Waals surface area contributed by atoms with E-state index < -0.39 is 0 Å². The van der Waals surface area contributed by atoms with Crippen LogP contribution in [0.5, 0.6) is 0 Å². The number of hydrogen-bond acceptors (Lipinski definition) is 5. The molecule has 0 aliphatic carbocycles. The maximum atomic E-state index is 12.4. The first-order valence-corrected chi connectivity index (χ1v) is 8.30. The fourth-order valence-corrected chi connectivity index (χ4v) is 3.28. The quantitative estimate of drug-likeness (QED) is 0.766. The lowest BCUT2D eigenvalue weighted by molar-refractivity contribution is -0.228. The molecule has 2 aliphatic rings. The molecule has 130 valence electrons. The number of aryl methyl sites for hydroxylation is 1. The maximum Gasteiger partial charge on any atom is 0.271 e. The first-order chi connectivity index (χ1) is 12.1. The Morgan fingerprint density at radius 1 is 1.40 bits per heavy atom. The zero-order valence-corrected chi connectivity index (χ0v) is 14.3. The zero-order valence-electron chi connectivity index (χ0n) is 14.3. The molecule has 2 fully saturated rings. The molecule has 0 radical (unpaired) electrons. The Labute approximate surface area is 145 Å². The van der Waals surface area contributed by atoms with Crippen molar-refractivity contribution < 1.29 is 9.47 Å². The van der Waals surface area contributed by atoms with Crippen molar-refractivity contribution in [2.75, 3.05) is 31.3 Å². The summed E-state index contributed by atoms with van der Waals surface area (Å²) < 4.78 is 13.0. The summed E-state index contributed by atoms with van der Waals surface area (Å²) in [5.41, 5.74) is 1.64. The molecule has 4 heterocycles. The van der Waals surface area contributed by atoms with Crippen LogP contribution in [0.3, 0.4) is 0 Å². The molecule has 0 unspecified atom stereocenters. The highest BCUT2D eigenvalue weighted by Gasteiger charge is 2.50. The average Bonchev–Trinajstić information content (AvgIpc) is 2.99. The van der Waals surface area contributed by atoms with Crippen LogP contribution in [0.4, 0.5) is 5.69 Å². The number of aromatic nitrogens is 3. The number of morpholine rings is 1. The van der Waals surface area contributed by atoms with Crippen molar-refractivity contribution in [3.8, 4) is 11.8 Å². The maximum absolute atomic E-state index is 12.4. The SMILES string of the molecule is C[C@@H]1N(c2cc(C#Cc3ccn(C)n3)c[nH]c2=O)CCOC12COC2. The largest absolute Gasteiger partial charge is 0.375 e. The lowest BCUT2D eigenvalue weighted by Gasteiger charge is -2.53. The Morgan fingerprint density at radius 3 is 2.92 bits per heavy atom. The van der Waals surface area contributed by atoms with Crippen LogP contribution in [0.2, 0.25) is 0 Å². The average molecular weight is 340 g/mol. The van der Waals surface area contributed by atoms with Crippen molar-refractivity contribution in [1.29, 1.82) is 0 Å². The minimum atomic E-state index is -0.305. The lowest BCUT2D eigenvalue weighted by atomic mass is 9.90. The standard InChI is InChI=1S/C18H20N4O3/c1-13-18(11-24-12-18)25-8-7-22(13)16-9-14(10-19-17(16)23)3-4-15-5-6-21(2)20-15/h5-6,9-10,13H,7-8,11-12H2,1-2H3,(H,19,23)/t13-/m0/s1. The van der Waals surface area contributed by atoms with Crippen LogP contribution in [-0.4, -0.2) is 52.8 Å². The predicted molar refractivity (Wildman–Crippen MR) is 92.6 cm³/mol. The first kappa shape index (κ1) is 15.9. The lowest BCUT2D eigenvalue weighted by Crippen LogP contribution is -2.68. The highest BCUT2D eigenvalue weighted by Crippen LogP contribution is 2.34. The predicted octanol–water partition coefficient (Wildman–Crippen LogP) is 0.502. The molecule has 7 heteroatoms. The molecule has 0 bridgehead atoms. The van der Waals surface area contributed by atoms with Crippen molar-refractivity contribution in [2.45, 2.75) is 18.6 Å². The molecule has 7 nitrogen and oxygen atoms in total. The van der Waals surface area contributed by atoms with Gasteiger partial charge in [0.15, 0.2) is 0 Å². The molecule has 0 aromatic carbocycles. The van der Waals surface area contributed by atoms with Crippen LogP contribution >= 0.6 is 0 Å². The molecule has 4 rings (SSSR count). The summed E-state index contributed by atoms with van der Waals surface area (Å²) in [5, 5.41) is 4.24. The third-order valence-electron chi connectivity index (χ3n) is 4.88. The van der Waals surface area contributed by atoms with Crippen LogP contribution in [0, 0.1) is 11.8 Å². The van der Waals surface area contributed by atoms with E-state index in [1.807, 2.05) is 25.4 Å².